The van der Waals surface area contributed by atoms with E-state index in [1.54, 1.807) is 0 Å². The molecule has 4 nitrogen and oxygen atoms in total. The lowest BCUT2D eigenvalue weighted by Gasteiger charge is -1.99. The van der Waals surface area contributed by atoms with E-state index in [1.807, 2.05) is 0 Å². The van der Waals surface area contributed by atoms with Gasteiger partial charge in [0.2, 0.25) is 0 Å². The van der Waals surface area contributed by atoms with Crippen LogP contribution in [0.4, 0.5) is 0 Å². The van der Waals surface area contributed by atoms with Crippen molar-refractivity contribution in [3.05, 3.63) is 0 Å². The Morgan fingerprint density at radius 1 is 0.857 bits per heavy atom. The van der Waals surface area contributed by atoms with E-state index in [9.17, 15) is 9.59 Å². The SMILES string of the molecule is O=C(O)CSCCCCSCC(=O)O. The molecule has 0 aliphatic heterocycles. The van der Waals surface area contributed by atoms with E-state index in [4.69, 9.17) is 10.2 Å². The number of carboxylic acids is 2. The lowest BCUT2D eigenvalue weighted by Crippen LogP contribution is -2.00. The molecule has 0 atom stereocenters. The summed E-state index contributed by atoms with van der Waals surface area (Å²) in [6.07, 6.45) is 1.90. The second-order valence-corrected chi connectivity index (χ2v) is 4.81. The number of hydrogen-bond donors (Lipinski definition) is 2. The Balaban J connectivity index is 2.99. The lowest BCUT2D eigenvalue weighted by molar-refractivity contribution is -0.134. The van der Waals surface area contributed by atoms with Crippen molar-refractivity contribution in [1.29, 1.82) is 0 Å². The van der Waals surface area contributed by atoms with Crippen LogP contribution < -0.4 is 0 Å². The fourth-order valence-electron chi connectivity index (χ4n) is 0.727. The molecule has 0 fully saturated rings. The third-order valence-electron chi connectivity index (χ3n) is 1.28. The topological polar surface area (TPSA) is 74.6 Å². The van der Waals surface area contributed by atoms with Crippen LogP contribution >= 0.6 is 23.5 Å². The minimum Gasteiger partial charge on any atom is -0.481 e. The number of rotatable bonds is 9. The van der Waals surface area contributed by atoms with E-state index in [-0.39, 0.29) is 11.5 Å². The quantitative estimate of drug-likeness (QED) is 0.591. The van der Waals surface area contributed by atoms with Gasteiger partial charge in [0.25, 0.3) is 0 Å². The molecule has 0 aliphatic carbocycles. The van der Waals surface area contributed by atoms with Gasteiger partial charge in [-0.05, 0) is 24.3 Å². The van der Waals surface area contributed by atoms with Gasteiger partial charge < -0.3 is 10.2 Å². The van der Waals surface area contributed by atoms with Crippen molar-refractivity contribution in [2.24, 2.45) is 0 Å². The van der Waals surface area contributed by atoms with Crippen LogP contribution in [-0.4, -0.2) is 45.2 Å². The third kappa shape index (κ3) is 11.6. The molecule has 0 aromatic carbocycles. The normalized spacial score (nSPS) is 10.0. The average molecular weight is 238 g/mol. The molecule has 0 aromatic heterocycles. The van der Waals surface area contributed by atoms with Gasteiger partial charge in [0, 0.05) is 0 Å². The highest BCUT2D eigenvalue weighted by Crippen LogP contribution is 2.08. The minimum atomic E-state index is -0.782. The first-order valence-electron chi connectivity index (χ1n) is 4.22. The van der Waals surface area contributed by atoms with E-state index in [0.717, 1.165) is 24.3 Å². The van der Waals surface area contributed by atoms with Crippen LogP contribution in [0, 0.1) is 0 Å². The van der Waals surface area contributed by atoms with Gasteiger partial charge >= 0.3 is 11.9 Å². The van der Waals surface area contributed by atoms with Crippen molar-refractivity contribution in [1.82, 2.24) is 0 Å². The van der Waals surface area contributed by atoms with Crippen molar-refractivity contribution < 1.29 is 19.8 Å². The van der Waals surface area contributed by atoms with Crippen LogP contribution in [0.3, 0.4) is 0 Å². The van der Waals surface area contributed by atoms with Gasteiger partial charge in [-0.1, -0.05) is 0 Å². The molecule has 82 valence electrons. The summed E-state index contributed by atoms with van der Waals surface area (Å²) in [5, 5.41) is 16.7. The first-order chi connectivity index (χ1) is 6.63. The Hall–Kier alpha value is -0.360. The average Bonchev–Trinajstić information content (AvgIpc) is 2.08. The smallest absolute Gasteiger partial charge is 0.313 e. The van der Waals surface area contributed by atoms with Crippen molar-refractivity contribution in [2.45, 2.75) is 12.8 Å². The summed E-state index contributed by atoms with van der Waals surface area (Å²) < 4.78 is 0. The standard InChI is InChI=1S/C8H14O4S2/c9-7(10)5-13-3-1-2-4-14-6-8(11)12/h1-6H2,(H,9,10)(H,11,12). The molecule has 0 bridgehead atoms. The van der Waals surface area contributed by atoms with Crippen molar-refractivity contribution in [3.63, 3.8) is 0 Å². The second kappa shape index (κ2) is 9.21. The van der Waals surface area contributed by atoms with Gasteiger partial charge in [-0.3, -0.25) is 9.59 Å². The highest BCUT2D eigenvalue weighted by Gasteiger charge is 1.98. The first-order valence-corrected chi connectivity index (χ1v) is 6.53. The molecule has 0 radical (unpaired) electrons. The van der Waals surface area contributed by atoms with Gasteiger partial charge in [-0.2, -0.15) is 23.5 Å². The number of thioether (sulfide) groups is 2. The molecule has 0 heterocycles. The molecule has 0 saturated heterocycles. The van der Waals surface area contributed by atoms with Crippen LogP contribution in [-0.2, 0) is 9.59 Å². The monoisotopic (exact) mass is 238 g/mol. The van der Waals surface area contributed by atoms with Gasteiger partial charge in [-0.25, -0.2) is 0 Å². The summed E-state index contributed by atoms with van der Waals surface area (Å²) in [6.45, 7) is 0. The van der Waals surface area contributed by atoms with E-state index in [0.29, 0.717) is 0 Å². The zero-order chi connectivity index (χ0) is 10.8. The maximum Gasteiger partial charge on any atom is 0.313 e. The summed E-state index contributed by atoms with van der Waals surface area (Å²) in [4.78, 5) is 20.2. The van der Waals surface area contributed by atoms with Crippen molar-refractivity contribution in [2.75, 3.05) is 23.0 Å². The highest BCUT2D eigenvalue weighted by atomic mass is 32.2. The molecular formula is C8H14O4S2. The fraction of sp³-hybridized carbons (Fsp3) is 0.750. The molecule has 6 heteroatoms. The maximum absolute atomic E-state index is 10.1. The van der Waals surface area contributed by atoms with Gasteiger partial charge in [-0.15, -0.1) is 0 Å². The van der Waals surface area contributed by atoms with Gasteiger partial charge in [0.05, 0.1) is 11.5 Å². The predicted octanol–water partition coefficient (Wildman–Crippen LogP) is 1.40. The Labute approximate surface area is 91.5 Å². The summed E-state index contributed by atoms with van der Waals surface area (Å²) in [7, 11) is 0. The van der Waals surface area contributed by atoms with Gasteiger partial charge in [0.15, 0.2) is 0 Å². The number of hydrogen-bond acceptors (Lipinski definition) is 4. The number of carboxylic acid groups (broad SMARTS) is 2. The molecule has 0 saturated carbocycles. The summed E-state index contributed by atoms with van der Waals surface area (Å²) in [6, 6.07) is 0. The van der Waals surface area contributed by atoms with Crippen molar-refractivity contribution in [3.8, 4) is 0 Å². The maximum atomic E-state index is 10.1. The van der Waals surface area contributed by atoms with E-state index < -0.39 is 11.9 Å². The minimum absolute atomic E-state index is 0.155. The molecule has 0 amide bonds. The van der Waals surface area contributed by atoms with E-state index >= 15 is 0 Å². The van der Waals surface area contributed by atoms with Crippen LogP contribution in [0.1, 0.15) is 12.8 Å². The molecule has 2 N–H and O–H groups in total. The van der Waals surface area contributed by atoms with Crippen molar-refractivity contribution >= 4 is 35.5 Å². The number of unbranched alkanes of at least 4 members (excludes halogenated alkanes) is 1. The first kappa shape index (κ1) is 13.6. The zero-order valence-corrected chi connectivity index (χ0v) is 9.40. The van der Waals surface area contributed by atoms with Crippen LogP contribution in [0.2, 0.25) is 0 Å². The van der Waals surface area contributed by atoms with Gasteiger partial charge in [0.1, 0.15) is 0 Å². The van der Waals surface area contributed by atoms with Crippen LogP contribution in [0.25, 0.3) is 0 Å². The Kier molecular flexibility index (Phi) is 8.97. The molecule has 0 aliphatic rings. The third-order valence-corrected chi connectivity index (χ3v) is 3.34. The molecule has 0 rings (SSSR count). The summed E-state index contributed by atoms with van der Waals surface area (Å²) >= 11 is 2.80. The largest absolute Gasteiger partial charge is 0.481 e. The summed E-state index contributed by atoms with van der Waals surface area (Å²) in [5.74, 6) is 0.412. The lowest BCUT2D eigenvalue weighted by atomic mass is 10.4. The van der Waals surface area contributed by atoms with E-state index in [1.165, 1.54) is 23.5 Å². The Morgan fingerprint density at radius 3 is 1.50 bits per heavy atom. The molecule has 0 unspecified atom stereocenters. The fourth-order valence-corrected chi connectivity index (χ4v) is 2.18. The molecule has 0 aromatic rings. The van der Waals surface area contributed by atoms with Crippen LogP contribution in [0.15, 0.2) is 0 Å². The Bertz CT molecular complexity index is 164. The number of carbonyl (C=O) groups is 2. The predicted molar refractivity (Wildman–Crippen MR) is 59.2 cm³/mol. The highest BCUT2D eigenvalue weighted by molar-refractivity contribution is 8.00. The molecule has 0 spiro atoms. The molecular weight excluding hydrogens is 224 g/mol. The second-order valence-electron chi connectivity index (χ2n) is 2.60. The summed E-state index contributed by atoms with van der Waals surface area (Å²) in [5.41, 5.74) is 0. The number of aliphatic carboxylic acids is 2. The van der Waals surface area contributed by atoms with E-state index in [2.05, 4.69) is 0 Å². The zero-order valence-electron chi connectivity index (χ0n) is 7.77. The Morgan fingerprint density at radius 2 is 1.21 bits per heavy atom. The molecule has 14 heavy (non-hydrogen) atoms. The van der Waals surface area contributed by atoms with Crippen LogP contribution in [0.5, 0.6) is 0 Å².